The highest BCUT2D eigenvalue weighted by atomic mass is 16.5. The van der Waals surface area contributed by atoms with Crippen LogP contribution < -0.4 is 5.32 Å². The smallest absolute Gasteiger partial charge is 0.241 e. The van der Waals surface area contributed by atoms with Crippen molar-refractivity contribution < 1.29 is 4.74 Å². The van der Waals surface area contributed by atoms with Gasteiger partial charge >= 0.3 is 0 Å². The van der Waals surface area contributed by atoms with Crippen molar-refractivity contribution in [2.24, 2.45) is 0 Å². The van der Waals surface area contributed by atoms with Crippen LogP contribution in [0.15, 0.2) is 30.6 Å². The predicted octanol–water partition coefficient (Wildman–Crippen LogP) is 3.45. The Labute approximate surface area is 168 Å². The molecular weight excluding hydrogens is 366 g/mol. The highest BCUT2D eigenvalue weighted by molar-refractivity contribution is 5.82. The normalized spacial score (nSPS) is 19.0. The minimum atomic E-state index is 0.362. The summed E-state index contributed by atoms with van der Waals surface area (Å²) < 4.78 is 9.61. The number of nitrogens with one attached hydrogen (secondary N) is 1. The van der Waals surface area contributed by atoms with E-state index in [2.05, 4.69) is 31.9 Å². The van der Waals surface area contributed by atoms with Gasteiger partial charge in [-0.25, -0.2) is 19.5 Å². The van der Waals surface area contributed by atoms with Crippen molar-refractivity contribution in [1.29, 1.82) is 0 Å². The second kappa shape index (κ2) is 7.11. The second-order valence-corrected chi connectivity index (χ2v) is 7.47. The average Bonchev–Trinajstić information content (AvgIpc) is 3.25. The molecule has 1 aliphatic rings. The largest absolute Gasteiger partial charge is 0.378 e. The maximum Gasteiger partial charge on any atom is 0.241 e. The molecule has 0 spiro atoms. The molecule has 0 atom stereocenters. The number of anilines is 1. The number of hydrogen-bond acceptors (Lipinski definition) is 6. The molecule has 150 valence electrons. The number of hydrogen-bond donors (Lipinski definition) is 1. The summed E-state index contributed by atoms with van der Waals surface area (Å²) in [6.07, 6.45) is 6.18. The molecular formula is C21H25N7O. The molecule has 8 heteroatoms. The first-order chi connectivity index (χ1) is 14.2. The van der Waals surface area contributed by atoms with Gasteiger partial charge in [-0.3, -0.25) is 0 Å². The molecule has 29 heavy (non-hydrogen) atoms. The molecule has 4 aromatic heterocycles. The third-order valence-electron chi connectivity index (χ3n) is 5.62. The van der Waals surface area contributed by atoms with E-state index in [1.807, 2.05) is 49.0 Å². The van der Waals surface area contributed by atoms with Crippen molar-refractivity contribution in [1.82, 2.24) is 29.1 Å². The summed E-state index contributed by atoms with van der Waals surface area (Å²) in [6.45, 7) is 7.77. The van der Waals surface area contributed by atoms with Crippen molar-refractivity contribution in [2.75, 3.05) is 11.9 Å². The maximum atomic E-state index is 5.62. The van der Waals surface area contributed by atoms with Crippen LogP contribution in [-0.2, 0) is 11.3 Å². The number of aryl methyl sites for hydroxylation is 2. The maximum absolute atomic E-state index is 5.62. The third kappa shape index (κ3) is 3.13. The van der Waals surface area contributed by atoms with Crippen LogP contribution in [-0.4, -0.2) is 47.9 Å². The quantitative estimate of drug-likeness (QED) is 0.542. The SMILES string of the molecule is CCO[C@H]1C[C@@H](Nc2ncc3c(-c4ccc5nc(C)n(CC)c5n4)ccn3n2)C1. The number of aromatic nitrogens is 6. The van der Waals surface area contributed by atoms with Gasteiger partial charge in [0.1, 0.15) is 11.3 Å². The molecule has 5 rings (SSSR count). The Balaban J connectivity index is 1.42. The number of rotatable bonds is 6. The molecule has 0 unspecified atom stereocenters. The zero-order valence-corrected chi connectivity index (χ0v) is 17.0. The third-order valence-corrected chi connectivity index (χ3v) is 5.62. The summed E-state index contributed by atoms with van der Waals surface area (Å²) in [5.74, 6) is 1.62. The number of fused-ring (bicyclic) bond motifs is 2. The van der Waals surface area contributed by atoms with Crippen LogP contribution in [0.3, 0.4) is 0 Å². The molecule has 0 bridgehead atoms. The Hall–Kier alpha value is -3.00. The summed E-state index contributed by atoms with van der Waals surface area (Å²) in [5, 5.41) is 8.02. The summed E-state index contributed by atoms with van der Waals surface area (Å²) in [7, 11) is 0. The van der Waals surface area contributed by atoms with Gasteiger partial charge in [0.25, 0.3) is 0 Å². The van der Waals surface area contributed by atoms with E-state index in [0.29, 0.717) is 18.1 Å². The fourth-order valence-corrected chi connectivity index (χ4v) is 4.06. The molecule has 1 N–H and O–H groups in total. The van der Waals surface area contributed by atoms with Crippen LogP contribution in [0, 0.1) is 6.92 Å². The lowest BCUT2D eigenvalue weighted by molar-refractivity contribution is 0.00283. The van der Waals surface area contributed by atoms with Crippen molar-refractivity contribution in [3.63, 3.8) is 0 Å². The first kappa shape index (κ1) is 18.1. The summed E-state index contributed by atoms with van der Waals surface area (Å²) in [4.78, 5) is 14.0. The van der Waals surface area contributed by atoms with E-state index in [1.165, 1.54) is 0 Å². The Morgan fingerprint density at radius 3 is 2.83 bits per heavy atom. The van der Waals surface area contributed by atoms with E-state index in [4.69, 9.17) is 9.72 Å². The van der Waals surface area contributed by atoms with Crippen molar-refractivity contribution in [2.45, 2.75) is 52.3 Å². The van der Waals surface area contributed by atoms with E-state index in [9.17, 15) is 0 Å². The molecule has 4 heterocycles. The standard InChI is InChI=1S/C21H25N7O/c1-4-27-13(3)23-18-7-6-17(25-20(18)27)16-8-9-28-19(16)12-22-21(26-28)24-14-10-15(11-14)29-5-2/h6-9,12,14-15H,4-5,10-11H2,1-3H3,(H,24,26)/t14-,15+. The van der Waals surface area contributed by atoms with Gasteiger partial charge in [-0.1, -0.05) is 0 Å². The van der Waals surface area contributed by atoms with Crippen LogP contribution in [0.25, 0.3) is 27.9 Å². The average molecular weight is 391 g/mol. The van der Waals surface area contributed by atoms with Crippen LogP contribution in [0.1, 0.15) is 32.5 Å². The predicted molar refractivity (Wildman–Crippen MR) is 112 cm³/mol. The number of ether oxygens (including phenoxy) is 1. The van der Waals surface area contributed by atoms with Crippen LogP contribution in [0.2, 0.25) is 0 Å². The lowest BCUT2D eigenvalue weighted by Crippen LogP contribution is -2.41. The van der Waals surface area contributed by atoms with Crippen LogP contribution in [0.5, 0.6) is 0 Å². The van der Waals surface area contributed by atoms with E-state index >= 15 is 0 Å². The Morgan fingerprint density at radius 2 is 2.03 bits per heavy atom. The Bertz CT molecular complexity index is 1170. The van der Waals surface area contributed by atoms with Gasteiger partial charge in [0.2, 0.25) is 5.95 Å². The molecule has 0 amide bonds. The summed E-state index contributed by atoms with van der Waals surface area (Å²) in [5.41, 5.74) is 4.68. The lowest BCUT2D eigenvalue weighted by atomic mass is 9.89. The van der Waals surface area contributed by atoms with Gasteiger partial charge in [-0.2, -0.15) is 0 Å². The van der Waals surface area contributed by atoms with Gasteiger partial charge in [0.15, 0.2) is 5.65 Å². The molecule has 0 aromatic carbocycles. The molecule has 1 saturated carbocycles. The molecule has 1 fully saturated rings. The molecule has 0 radical (unpaired) electrons. The number of nitrogens with zero attached hydrogens (tertiary/aromatic N) is 6. The van der Waals surface area contributed by atoms with Gasteiger partial charge in [-0.05, 0) is 51.8 Å². The fraction of sp³-hybridized carbons (Fsp3) is 0.429. The van der Waals surface area contributed by atoms with Gasteiger partial charge in [0, 0.05) is 31.0 Å². The van der Waals surface area contributed by atoms with Gasteiger partial charge in [0.05, 0.1) is 23.5 Å². The zero-order chi connectivity index (χ0) is 20.0. The van der Waals surface area contributed by atoms with Crippen LogP contribution in [0.4, 0.5) is 5.95 Å². The van der Waals surface area contributed by atoms with Crippen molar-refractivity contribution >= 4 is 22.6 Å². The number of pyridine rings is 1. The van der Waals surface area contributed by atoms with E-state index < -0.39 is 0 Å². The minimum absolute atomic E-state index is 0.362. The molecule has 8 nitrogen and oxygen atoms in total. The van der Waals surface area contributed by atoms with Crippen molar-refractivity contribution in [3.05, 3.63) is 36.4 Å². The lowest BCUT2D eigenvalue weighted by Gasteiger charge is -2.35. The minimum Gasteiger partial charge on any atom is -0.378 e. The first-order valence-corrected chi connectivity index (χ1v) is 10.2. The Kier molecular flexibility index (Phi) is 4.43. The van der Waals surface area contributed by atoms with Crippen molar-refractivity contribution in [3.8, 4) is 11.3 Å². The zero-order valence-electron chi connectivity index (χ0n) is 17.0. The molecule has 0 saturated heterocycles. The monoisotopic (exact) mass is 391 g/mol. The highest BCUT2D eigenvalue weighted by Gasteiger charge is 2.30. The summed E-state index contributed by atoms with van der Waals surface area (Å²) >= 11 is 0. The fourth-order valence-electron chi connectivity index (χ4n) is 4.06. The van der Waals surface area contributed by atoms with Crippen LogP contribution >= 0.6 is 0 Å². The highest BCUT2D eigenvalue weighted by Crippen LogP contribution is 2.28. The van der Waals surface area contributed by atoms with Gasteiger partial charge < -0.3 is 14.6 Å². The molecule has 1 aliphatic carbocycles. The van der Waals surface area contributed by atoms with Gasteiger partial charge in [-0.15, -0.1) is 5.10 Å². The topological polar surface area (TPSA) is 82.2 Å². The van der Waals surface area contributed by atoms with E-state index in [0.717, 1.165) is 59.8 Å². The van der Waals surface area contributed by atoms with E-state index in [1.54, 1.807) is 0 Å². The second-order valence-electron chi connectivity index (χ2n) is 7.47. The first-order valence-electron chi connectivity index (χ1n) is 10.2. The molecule has 4 aromatic rings. The van der Waals surface area contributed by atoms with E-state index in [-0.39, 0.29) is 0 Å². The molecule has 0 aliphatic heterocycles. The Morgan fingerprint density at radius 1 is 1.17 bits per heavy atom. The summed E-state index contributed by atoms with van der Waals surface area (Å²) in [6, 6.07) is 6.46. The number of imidazole rings is 1.